The summed E-state index contributed by atoms with van der Waals surface area (Å²) >= 11 is 0. The number of hydrogen-bond donors (Lipinski definition) is 1. The minimum absolute atomic E-state index is 0.198. The van der Waals surface area contributed by atoms with E-state index in [1.807, 2.05) is 24.3 Å². The Morgan fingerprint density at radius 2 is 1.76 bits per heavy atom. The summed E-state index contributed by atoms with van der Waals surface area (Å²) in [5.74, 6) is 3.40. The lowest BCUT2D eigenvalue weighted by Gasteiger charge is -2.38. The molecule has 0 saturated heterocycles. The summed E-state index contributed by atoms with van der Waals surface area (Å²) in [5.41, 5.74) is 3.45. The first-order valence-electron chi connectivity index (χ1n) is 8.59. The first-order chi connectivity index (χ1) is 12.3. The molecular weight excluding hydrogens is 314 g/mol. The lowest BCUT2D eigenvalue weighted by molar-refractivity contribution is 0.369. The van der Waals surface area contributed by atoms with Crippen LogP contribution >= 0.6 is 0 Å². The molecule has 0 saturated carbocycles. The third-order valence-electron chi connectivity index (χ3n) is 5.33. The summed E-state index contributed by atoms with van der Waals surface area (Å²) < 4.78 is 16.7. The van der Waals surface area contributed by atoms with Crippen LogP contribution in [-0.2, 0) is 0 Å². The number of benzene rings is 2. The van der Waals surface area contributed by atoms with Crippen molar-refractivity contribution < 1.29 is 14.2 Å². The van der Waals surface area contributed by atoms with Crippen LogP contribution in [0.4, 0.5) is 5.69 Å². The zero-order valence-electron chi connectivity index (χ0n) is 14.8. The Labute approximate surface area is 148 Å². The van der Waals surface area contributed by atoms with E-state index < -0.39 is 0 Å². The third-order valence-corrected chi connectivity index (χ3v) is 5.33. The number of fused-ring (bicyclic) bond motifs is 3. The molecule has 4 rings (SSSR count). The first kappa shape index (κ1) is 15.9. The number of nitrogens with one attached hydrogen (secondary N) is 1. The van der Waals surface area contributed by atoms with Gasteiger partial charge >= 0.3 is 0 Å². The molecule has 1 heterocycles. The van der Waals surface area contributed by atoms with Gasteiger partial charge in [0, 0.05) is 11.5 Å². The Morgan fingerprint density at radius 1 is 0.960 bits per heavy atom. The van der Waals surface area contributed by atoms with E-state index in [1.165, 1.54) is 11.1 Å². The Hall–Kier alpha value is -2.62. The van der Waals surface area contributed by atoms with E-state index in [2.05, 4.69) is 29.6 Å². The minimum atomic E-state index is 0.198. The topological polar surface area (TPSA) is 39.7 Å². The fourth-order valence-electron chi connectivity index (χ4n) is 4.16. The van der Waals surface area contributed by atoms with Gasteiger partial charge in [-0.3, -0.25) is 0 Å². The molecule has 25 heavy (non-hydrogen) atoms. The summed E-state index contributed by atoms with van der Waals surface area (Å²) in [5, 5.41) is 3.73. The molecular formula is C21H23NO3. The zero-order chi connectivity index (χ0) is 17.4. The van der Waals surface area contributed by atoms with E-state index in [-0.39, 0.29) is 6.04 Å². The molecule has 0 bridgehead atoms. The molecule has 4 nitrogen and oxygen atoms in total. The van der Waals surface area contributed by atoms with Gasteiger partial charge in [0.05, 0.1) is 33.1 Å². The summed E-state index contributed by atoms with van der Waals surface area (Å²) in [7, 11) is 5.14. The average molecular weight is 337 g/mol. The van der Waals surface area contributed by atoms with Gasteiger partial charge in [-0.05, 0) is 42.2 Å². The van der Waals surface area contributed by atoms with E-state index in [1.54, 1.807) is 21.3 Å². The van der Waals surface area contributed by atoms with Gasteiger partial charge in [-0.25, -0.2) is 0 Å². The quantitative estimate of drug-likeness (QED) is 0.832. The Kier molecular flexibility index (Phi) is 4.04. The van der Waals surface area contributed by atoms with E-state index in [0.29, 0.717) is 11.8 Å². The number of anilines is 1. The molecule has 4 heteroatoms. The molecule has 1 aliphatic heterocycles. The number of rotatable bonds is 4. The number of ether oxygens (including phenoxy) is 3. The molecule has 0 radical (unpaired) electrons. The van der Waals surface area contributed by atoms with E-state index in [4.69, 9.17) is 14.2 Å². The molecule has 0 aromatic heterocycles. The summed E-state index contributed by atoms with van der Waals surface area (Å²) in [6.07, 6.45) is 5.62. The normalized spacial score (nSPS) is 23.4. The van der Waals surface area contributed by atoms with Crippen LogP contribution in [-0.4, -0.2) is 21.3 Å². The van der Waals surface area contributed by atoms with Gasteiger partial charge in [-0.2, -0.15) is 0 Å². The summed E-state index contributed by atoms with van der Waals surface area (Å²) in [6.45, 7) is 0. The van der Waals surface area contributed by atoms with Crippen LogP contribution in [0.25, 0.3) is 0 Å². The molecule has 2 aromatic carbocycles. The second-order valence-corrected chi connectivity index (χ2v) is 6.51. The lowest BCUT2D eigenvalue weighted by atomic mass is 9.76. The van der Waals surface area contributed by atoms with E-state index >= 15 is 0 Å². The van der Waals surface area contributed by atoms with Crippen molar-refractivity contribution in [1.29, 1.82) is 0 Å². The van der Waals surface area contributed by atoms with Gasteiger partial charge in [0.1, 0.15) is 17.2 Å². The van der Waals surface area contributed by atoms with Crippen molar-refractivity contribution in [3.05, 3.63) is 59.7 Å². The summed E-state index contributed by atoms with van der Waals surface area (Å²) in [6, 6.07) is 12.5. The molecule has 0 fully saturated rings. The van der Waals surface area contributed by atoms with Crippen LogP contribution in [0.1, 0.15) is 29.5 Å². The second kappa shape index (κ2) is 6.36. The van der Waals surface area contributed by atoms with Crippen molar-refractivity contribution in [3.8, 4) is 17.2 Å². The minimum Gasteiger partial charge on any atom is -0.497 e. The van der Waals surface area contributed by atoms with Gasteiger partial charge < -0.3 is 19.5 Å². The Bertz CT molecular complexity index is 815. The van der Waals surface area contributed by atoms with Gasteiger partial charge in [0.2, 0.25) is 0 Å². The highest BCUT2D eigenvalue weighted by atomic mass is 16.5. The van der Waals surface area contributed by atoms with Gasteiger partial charge in [0.25, 0.3) is 0 Å². The maximum absolute atomic E-state index is 5.65. The Balaban J connectivity index is 1.84. The third kappa shape index (κ3) is 2.53. The molecule has 0 amide bonds. The molecule has 2 aliphatic rings. The fraction of sp³-hybridized carbons (Fsp3) is 0.333. The highest BCUT2D eigenvalue weighted by Crippen LogP contribution is 2.55. The number of methoxy groups -OCH3 is 3. The molecule has 0 spiro atoms. The first-order valence-corrected chi connectivity index (χ1v) is 8.59. The van der Waals surface area contributed by atoms with Crippen molar-refractivity contribution >= 4 is 5.69 Å². The molecule has 1 N–H and O–H groups in total. The van der Waals surface area contributed by atoms with Crippen LogP contribution in [0, 0.1) is 5.92 Å². The van der Waals surface area contributed by atoms with Gasteiger partial charge in [-0.15, -0.1) is 0 Å². The average Bonchev–Trinajstić information content (AvgIpc) is 3.16. The SMILES string of the molecule is COc1cccc(C2Nc3c(OC)ccc(OC)c3C3C=CCC32)c1. The monoisotopic (exact) mass is 337 g/mol. The van der Waals surface area contributed by atoms with Gasteiger partial charge in [0.15, 0.2) is 0 Å². The van der Waals surface area contributed by atoms with Crippen LogP contribution in [0.3, 0.4) is 0 Å². The number of allylic oxidation sites excluding steroid dienone is 2. The predicted molar refractivity (Wildman–Crippen MR) is 98.9 cm³/mol. The van der Waals surface area contributed by atoms with Crippen molar-refractivity contribution in [1.82, 2.24) is 0 Å². The van der Waals surface area contributed by atoms with Gasteiger partial charge in [-0.1, -0.05) is 24.3 Å². The van der Waals surface area contributed by atoms with Crippen LogP contribution < -0.4 is 19.5 Å². The van der Waals surface area contributed by atoms with Crippen LogP contribution in [0.5, 0.6) is 17.2 Å². The second-order valence-electron chi connectivity index (χ2n) is 6.51. The van der Waals surface area contributed by atoms with E-state index in [9.17, 15) is 0 Å². The lowest BCUT2D eigenvalue weighted by Crippen LogP contribution is -2.29. The highest BCUT2D eigenvalue weighted by molar-refractivity contribution is 5.71. The molecule has 3 atom stereocenters. The van der Waals surface area contributed by atoms with Crippen molar-refractivity contribution in [3.63, 3.8) is 0 Å². The Morgan fingerprint density at radius 3 is 2.52 bits per heavy atom. The maximum Gasteiger partial charge on any atom is 0.142 e. The standard InChI is InChI=1S/C21H23NO3/c1-23-14-7-4-6-13(12-14)20-16-9-5-8-15(16)19-17(24-2)10-11-18(25-3)21(19)22-20/h4-8,10-12,15-16,20,22H,9H2,1-3H3. The van der Waals surface area contributed by atoms with E-state index in [0.717, 1.165) is 29.4 Å². The molecule has 130 valence electrons. The van der Waals surface area contributed by atoms with Crippen LogP contribution in [0.15, 0.2) is 48.6 Å². The molecule has 2 aromatic rings. The predicted octanol–water partition coefficient (Wildman–Crippen LogP) is 4.54. The molecule has 3 unspecified atom stereocenters. The molecule has 1 aliphatic carbocycles. The van der Waals surface area contributed by atoms with Crippen molar-refractivity contribution in [2.24, 2.45) is 5.92 Å². The maximum atomic E-state index is 5.65. The summed E-state index contributed by atoms with van der Waals surface area (Å²) in [4.78, 5) is 0. The fourth-order valence-corrected chi connectivity index (χ4v) is 4.16. The largest absolute Gasteiger partial charge is 0.497 e. The van der Waals surface area contributed by atoms with Crippen LogP contribution in [0.2, 0.25) is 0 Å². The number of hydrogen-bond acceptors (Lipinski definition) is 4. The van der Waals surface area contributed by atoms with Crippen molar-refractivity contribution in [2.75, 3.05) is 26.6 Å². The highest BCUT2D eigenvalue weighted by Gasteiger charge is 2.40. The zero-order valence-corrected chi connectivity index (χ0v) is 14.8. The van der Waals surface area contributed by atoms with Crippen molar-refractivity contribution in [2.45, 2.75) is 18.4 Å². The smallest absolute Gasteiger partial charge is 0.142 e.